The molecule has 33 heavy (non-hydrogen) atoms. The molecule has 1 amide bonds. The molecule has 2 heterocycles. The van der Waals surface area contributed by atoms with E-state index in [1.165, 1.54) is 37.2 Å². The molecular formula is C24H26FN3O3S2. The van der Waals surface area contributed by atoms with Gasteiger partial charge in [-0.05, 0) is 48.0 Å². The van der Waals surface area contributed by atoms with Crippen molar-refractivity contribution in [2.24, 2.45) is 0 Å². The van der Waals surface area contributed by atoms with Crippen LogP contribution in [0.25, 0.3) is 10.4 Å². The van der Waals surface area contributed by atoms with Gasteiger partial charge in [0.1, 0.15) is 5.82 Å². The Morgan fingerprint density at radius 1 is 1.00 bits per heavy atom. The number of carbonyl (C=O) groups is 1. The van der Waals surface area contributed by atoms with E-state index in [1.54, 1.807) is 40.5 Å². The van der Waals surface area contributed by atoms with Crippen LogP contribution in [0.4, 0.5) is 4.39 Å². The monoisotopic (exact) mass is 487 g/mol. The molecule has 1 aliphatic heterocycles. The average molecular weight is 488 g/mol. The number of nitrogens with zero attached hydrogens (tertiary/aromatic N) is 3. The van der Waals surface area contributed by atoms with Crippen molar-refractivity contribution in [2.45, 2.75) is 11.4 Å². The number of thiophene rings is 1. The summed E-state index contributed by atoms with van der Waals surface area (Å²) in [6.07, 6.45) is 0. The smallest absolute Gasteiger partial charge is 0.253 e. The number of halogens is 1. The van der Waals surface area contributed by atoms with Crippen molar-refractivity contribution in [1.82, 2.24) is 14.1 Å². The Hall–Kier alpha value is -2.59. The van der Waals surface area contributed by atoms with E-state index in [-0.39, 0.29) is 16.6 Å². The first-order valence-electron chi connectivity index (χ1n) is 10.6. The van der Waals surface area contributed by atoms with E-state index >= 15 is 0 Å². The highest BCUT2D eigenvalue weighted by molar-refractivity contribution is 7.89. The molecule has 4 rings (SSSR count). The highest BCUT2D eigenvalue weighted by Crippen LogP contribution is 2.29. The van der Waals surface area contributed by atoms with Gasteiger partial charge in [-0.15, -0.1) is 11.3 Å². The van der Waals surface area contributed by atoms with Gasteiger partial charge in [-0.25, -0.2) is 17.1 Å². The predicted octanol–water partition coefficient (Wildman–Crippen LogP) is 3.76. The van der Waals surface area contributed by atoms with Crippen LogP contribution in [-0.4, -0.2) is 68.7 Å². The van der Waals surface area contributed by atoms with Crippen LogP contribution in [0.15, 0.2) is 65.6 Å². The number of benzene rings is 2. The maximum absolute atomic E-state index is 13.5. The molecule has 6 nitrogen and oxygen atoms in total. The lowest BCUT2D eigenvalue weighted by atomic mass is 10.2. The minimum Gasteiger partial charge on any atom is -0.336 e. The molecule has 1 aliphatic rings. The standard InChI is InChI=1S/C24H26FN3O3S2/c1-26(2)33(30,31)22-8-4-6-19(16-22)24(29)28-13-11-27(12-14-28)17-21-9-10-23(32-21)18-5-3-7-20(25)15-18/h3-10,15-16H,11-14,17H2,1-2H3. The second-order valence-electron chi connectivity index (χ2n) is 8.16. The van der Waals surface area contributed by atoms with Gasteiger partial charge >= 0.3 is 0 Å². The van der Waals surface area contributed by atoms with E-state index in [4.69, 9.17) is 0 Å². The lowest BCUT2D eigenvalue weighted by Crippen LogP contribution is -2.48. The van der Waals surface area contributed by atoms with Crippen molar-refractivity contribution in [1.29, 1.82) is 0 Å². The van der Waals surface area contributed by atoms with Gasteiger partial charge in [-0.3, -0.25) is 9.69 Å². The Labute approximate surface area is 197 Å². The molecule has 0 spiro atoms. The van der Waals surface area contributed by atoms with Gasteiger partial charge in [-0.1, -0.05) is 18.2 Å². The summed E-state index contributed by atoms with van der Waals surface area (Å²) in [6, 6.07) is 16.9. The lowest BCUT2D eigenvalue weighted by molar-refractivity contribution is 0.0629. The fraction of sp³-hybridized carbons (Fsp3) is 0.292. The summed E-state index contributed by atoms with van der Waals surface area (Å²) in [7, 11) is -0.653. The molecule has 1 saturated heterocycles. The zero-order valence-electron chi connectivity index (χ0n) is 18.6. The zero-order valence-corrected chi connectivity index (χ0v) is 20.2. The molecular weight excluding hydrogens is 461 g/mol. The maximum atomic E-state index is 13.5. The summed E-state index contributed by atoms with van der Waals surface area (Å²) in [6.45, 7) is 3.39. The maximum Gasteiger partial charge on any atom is 0.253 e. The molecule has 0 saturated carbocycles. The average Bonchev–Trinajstić information content (AvgIpc) is 3.27. The van der Waals surface area contributed by atoms with Crippen molar-refractivity contribution >= 4 is 27.3 Å². The third-order valence-electron chi connectivity index (χ3n) is 5.67. The van der Waals surface area contributed by atoms with E-state index in [2.05, 4.69) is 11.0 Å². The molecule has 0 radical (unpaired) electrons. The molecule has 1 fully saturated rings. The topological polar surface area (TPSA) is 60.9 Å². The Balaban J connectivity index is 1.36. The minimum absolute atomic E-state index is 0.115. The summed E-state index contributed by atoms with van der Waals surface area (Å²) < 4.78 is 39.4. The van der Waals surface area contributed by atoms with Crippen LogP contribution >= 0.6 is 11.3 Å². The third-order valence-corrected chi connectivity index (χ3v) is 8.60. The van der Waals surface area contributed by atoms with Gasteiger partial charge in [0.2, 0.25) is 10.0 Å². The molecule has 0 N–H and O–H groups in total. The highest BCUT2D eigenvalue weighted by Gasteiger charge is 2.24. The van der Waals surface area contributed by atoms with E-state index in [0.717, 1.165) is 34.4 Å². The number of amides is 1. The Morgan fingerprint density at radius 3 is 2.42 bits per heavy atom. The van der Waals surface area contributed by atoms with E-state index < -0.39 is 10.0 Å². The largest absolute Gasteiger partial charge is 0.336 e. The molecule has 0 unspecified atom stereocenters. The number of sulfonamides is 1. The number of rotatable bonds is 6. The normalized spacial score (nSPS) is 15.2. The minimum atomic E-state index is -3.59. The first-order valence-corrected chi connectivity index (χ1v) is 12.9. The van der Waals surface area contributed by atoms with Crippen LogP contribution in [-0.2, 0) is 16.6 Å². The van der Waals surface area contributed by atoms with Crippen LogP contribution < -0.4 is 0 Å². The Morgan fingerprint density at radius 2 is 1.73 bits per heavy atom. The first-order chi connectivity index (χ1) is 15.7. The SMILES string of the molecule is CN(C)S(=O)(=O)c1cccc(C(=O)N2CCN(Cc3ccc(-c4cccc(F)c4)s3)CC2)c1. The number of hydrogen-bond acceptors (Lipinski definition) is 5. The summed E-state index contributed by atoms with van der Waals surface area (Å²) in [5, 5.41) is 0. The second-order valence-corrected chi connectivity index (χ2v) is 11.5. The van der Waals surface area contributed by atoms with Crippen molar-refractivity contribution in [3.8, 4) is 10.4 Å². The molecule has 0 atom stereocenters. The highest BCUT2D eigenvalue weighted by atomic mass is 32.2. The fourth-order valence-electron chi connectivity index (χ4n) is 3.77. The zero-order chi connectivity index (χ0) is 23.6. The number of hydrogen-bond donors (Lipinski definition) is 0. The third kappa shape index (κ3) is 5.33. The van der Waals surface area contributed by atoms with Crippen molar-refractivity contribution in [3.63, 3.8) is 0 Å². The molecule has 0 bridgehead atoms. The van der Waals surface area contributed by atoms with Gasteiger partial charge in [0, 0.05) is 62.1 Å². The van der Waals surface area contributed by atoms with E-state index in [9.17, 15) is 17.6 Å². The Kier molecular flexibility index (Phi) is 6.94. The summed E-state index contributed by atoms with van der Waals surface area (Å²) >= 11 is 1.65. The predicted molar refractivity (Wildman–Crippen MR) is 128 cm³/mol. The van der Waals surface area contributed by atoms with Crippen LogP contribution in [0.2, 0.25) is 0 Å². The summed E-state index contributed by atoms with van der Waals surface area (Å²) in [4.78, 5) is 19.4. The van der Waals surface area contributed by atoms with Crippen molar-refractivity contribution < 1.29 is 17.6 Å². The van der Waals surface area contributed by atoms with E-state index in [1.807, 2.05) is 12.1 Å². The first kappa shape index (κ1) is 23.6. The van der Waals surface area contributed by atoms with E-state index in [0.29, 0.717) is 18.7 Å². The summed E-state index contributed by atoms with van der Waals surface area (Å²) in [5.74, 6) is -0.400. The van der Waals surface area contributed by atoms with Crippen LogP contribution in [0.3, 0.4) is 0 Å². The molecule has 1 aromatic heterocycles. The molecule has 9 heteroatoms. The summed E-state index contributed by atoms with van der Waals surface area (Å²) in [5.41, 5.74) is 1.25. The lowest BCUT2D eigenvalue weighted by Gasteiger charge is -2.34. The molecule has 0 aliphatic carbocycles. The van der Waals surface area contributed by atoms with Crippen LogP contribution in [0.1, 0.15) is 15.2 Å². The van der Waals surface area contributed by atoms with Crippen molar-refractivity contribution in [3.05, 3.63) is 76.9 Å². The molecule has 174 valence electrons. The quantitative estimate of drug-likeness (QED) is 0.531. The number of carbonyl (C=O) groups excluding carboxylic acids is 1. The number of piperazine rings is 1. The Bertz CT molecular complexity index is 1250. The molecule has 3 aromatic rings. The second kappa shape index (κ2) is 9.72. The van der Waals surface area contributed by atoms with Gasteiger partial charge in [0.05, 0.1) is 4.90 Å². The van der Waals surface area contributed by atoms with Gasteiger partial charge < -0.3 is 4.90 Å². The van der Waals surface area contributed by atoms with Gasteiger partial charge in [0.15, 0.2) is 0 Å². The van der Waals surface area contributed by atoms with Gasteiger partial charge in [0.25, 0.3) is 5.91 Å². The molecule has 2 aromatic carbocycles. The van der Waals surface area contributed by atoms with Crippen molar-refractivity contribution in [2.75, 3.05) is 40.3 Å². The fourth-order valence-corrected chi connectivity index (χ4v) is 5.77. The van der Waals surface area contributed by atoms with Crippen LogP contribution in [0, 0.1) is 5.82 Å². The van der Waals surface area contributed by atoms with Gasteiger partial charge in [-0.2, -0.15) is 0 Å². The van der Waals surface area contributed by atoms with Crippen LogP contribution in [0.5, 0.6) is 0 Å².